The zero-order valence-corrected chi connectivity index (χ0v) is 11.6. The van der Waals surface area contributed by atoms with Crippen LogP contribution in [0.5, 0.6) is 0 Å². The number of alkyl halides is 1. The van der Waals surface area contributed by atoms with Gasteiger partial charge in [-0.05, 0) is 25.5 Å². The van der Waals surface area contributed by atoms with E-state index in [1.807, 2.05) is 13.0 Å². The summed E-state index contributed by atoms with van der Waals surface area (Å²) in [5.74, 6) is -0.0269. The molecule has 1 saturated heterocycles. The smallest absolute Gasteiger partial charge is 0.129 e. The normalized spacial score (nSPS) is 24.3. The molecule has 0 aromatic heterocycles. The number of morpholine rings is 1. The lowest BCUT2D eigenvalue weighted by atomic mass is 10.1. The Balaban J connectivity index is 2.36. The van der Waals surface area contributed by atoms with Crippen molar-refractivity contribution in [1.29, 1.82) is 0 Å². The number of ether oxygens (including phenoxy) is 1. The third-order valence-corrected chi connectivity index (χ3v) is 3.74. The highest BCUT2D eigenvalue weighted by atomic mass is 35.5. The standard InChI is InChI=1S/C14H19ClFNO/c1-3-11-9-18-10(2)8-17(11)14-6-4-5-13(16)12(14)7-15/h4-6,10-11H,3,7-9H2,1-2H3. The number of nitrogens with zero attached hydrogens (tertiary/aromatic N) is 1. The van der Waals surface area contributed by atoms with Gasteiger partial charge >= 0.3 is 0 Å². The van der Waals surface area contributed by atoms with E-state index < -0.39 is 0 Å². The second kappa shape index (κ2) is 5.89. The fourth-order valence-corrected chi connectivity index (χ4v) is 2.69. The molecule has 1 fully saturated rings. The van der Waals surface area contributed by atoms with Crippen LogP contribution >= 0.6 is 11.6 Å². The van der Waals surface area contributed by atoms with Crippen LogP contribution in [0.15, 0.2) is 18.2 Å². The van der Waals surface area contributed by atoms with Gasteiger partial charge in [-0.1, -0.05) is 13.0 Å². The highest BCUT2D eigenvalue weighted by Crippen LogP contribution is 2.29. The van der Waals surface area contributed by atoms with Gasteiger partial charge in [0.15, 0.2) is 0 Å². The molecule has 2 unspecified atom stereocenters. The second-order valence-electron chi connectivity index (χ2n) is 4.73. The molecule has 0 aliphatic carbocycles. The van der Waals surface area contributed by atoms with E-state index >= 15 is 0 Å². The summed E-state index contributed by atoms with van der Waals surface area (Å²) in [7, 11) is 0. The first-order chi connectivity index (χ1) is 8.67. The van der Waals surface area contributed by atoms with Crippen molar-refractivity contribution in [2.75, 3.05) is 18.1 Å². The maximum atomic E-state index is 13.8. The van der Waals surface area contributed by atoms with Gasteiger partial charge in [-0.2, -0.15) is 0 Å². The summed E-state index contributed by atoms with van der Waals surface area (Å²) in [6.45, 7) is 5.64. The van der Waals surface area contributed by atoms with Gasteiger partial charge < -0.3 is 9.64 Å². The van der Waals surface area contributed by atoms with Gasteiger partial charge in [-0.3, -0.25) is 0 Å². The maximum absolute atomic E-state index is 13.8. The molecule has 0 saturated carbocycles. The Kier molecular flexibility index (Phi) is 4.46. The van der Waals surface area contributed by atoms with Crippen molar-refractivity contribution in [3.05, 3.63) is 29.6 Å². The molecule has 1 heterocycles. The van der Waals surface area contributed by atoms with Crippen LogP contribution in [0.25, 0.3) is 0 Å². The van der Waals surface area contributed by atoms with Crippen molar-refractivity contribution in [2.45, 2.75) is 38.3 Å². The predicted molar refractivity (Wildman–Crippen MR) is 72.8 cm³/mol. The Labute approximate surface area is 113 Å². The summed E-state index contributed by atoms with van der Waals surface area (Å²) in [6.07, 6.45) is 1.14. The van der Waals surface area contributed by atoms with Gasteiger partial charge in [0.2, 0.25) is 0 Å². The number of hydrogen-bond acceptors (Lipinski definition) is 2. The Morgan fingerprint density at radius 1 is 1.50 bits per heavy atom. The molecule has 1 aromatic carbocycles. The minimum absolute atomic E-state index is 0.166. The number of halogens is 2. The molecule has 18 heavy (non-hydrogen) atoms. The summed E-state index contributed by atoms with van der Waals surface area (Å²) in [4.78, 5) is 2.23. The number of benzene rings is 1. The van der Waals surface area contributed by atoms with Crippen LogP contribution in [0.2, 0.25) is 0 Å². The summed E-state index contributed by atoms with van der Waals surface area (Å²) >= 11 is 5.89. The Morgan fingerprint density at radius 2 is 2.28 bits per heavy atom. The number of rotatable bonds is 3. The lowest BCUT2D eigenvalue weighted by molar-refractivity contribution is 0.0299. The van der Waals surface area contributed by atoms with E-state index in [4.69, 9.17) is 16.3 Å². The molecule has 2 nitrogen and oxygen atoms in total. The molecule has 0 amide bonds. The molecule has 0 radical (unpaired) electrons. The molecular weight excluding hydrogens is 253 g/mol. The molecule has 2 rings (SSSR count). The summed E-state index contributed by atoms with van der Waals surface area (Å²) in [6, 6.07) is 5.45. The van der Waals surface area contributed by atoms with Crippen LogP contribution in [0.3, 0.4) is 0 Å². The first-order valence-electron chi connectivity index (χ1n) is 6.39. The summed E-state index contributed by atoms with van der Waals surface area (Å²) < 4.78 is 19.5. The monoisotopic (exact) mass is 271 g/mol. The van der Waals surface area contributed by atoms with Gasteiger partial charge in [-0.15, -0.1) is 11.6 Å². The van der Waals surface area contributed by atoms with Gasteiger partial charge in [0.05, 0.1) is 24.6 Å². The van der Waals surface area contributed by atoms with Gasteiger partial charge in [0.25, 0.3) is 0 Å². The minimum atomic E-state index is -0.225. The second-order valence-corrected chi connectivity index (χ2v) is 5.00. The van der Waals surface area contributed by atoms with Crippen molar-refractivity contribution in [3.63, 3.8) is 0 Å². The van der Waals surface area contributed by atoms with E-state index in [0.717, 1.165) is 18.7 Å². The molecule has 0 N–H and O–H groups in total. The highest BCUT2D eigenvalue weighted by Gasteiger charge is 2.27. The Bertz CT molecular complexity index is 413. The van der Waals surface area contributed by atoms with Crippen molar-refractivity contribution in [3.8, 4) is 0 Å². The lowest BCUT2D eigenvalue weighted by Gasteiger charge is -2.40. The summed E-state index contributed by atoms with van der Waals surface area (Å²) in [5, 5.41) is 0. The quantitative estimate of drug-likeness (QED) is 0.780. The van der Waals surface area contributed by atoms with E-state index in [-0.39, 0.29) is 17.8 Å². The van der Waals surface area contributed by atoms with Crippen LogP contribution in [-0.2, 0) is 10.6 Å². The van der Waals surface area contributed by atoms with E-state index in [1.165, 1.54) is 6.07 Å². The first kappa shape index (κ1) is 13.6. The molecule has 2 atom stereocenters. The van der Waals surface area contributed by atoms with Crippen LogP contribution < -0.4 is 4.90 Å². The molecule has 0 bridgehead atoms. The first-order valence-corrected chi connectivity index (χ1v) is 6.92. The molecule has 4 heteroatoms. The largest absolute Gasteiger partial charge is 0.375 e. The van der Waals surface area contributed by atoms with Crippen molar-refractivity contribution in [1.82, 2.24) is 0 Å². The van der Waals surface area contributed by atoms with Crippen molar-refractivity contribution in [2.24, 2.45) is 0 Å². The van der Waals surface area contributed by atoms with Crippen LogP contribution in [0.1, 0.15) is 25.8 Å². The van der Waals surface area contributed by atoms with Gasteiger partial charge in [0.1, 0.15) is 5.82 Å². The molecule has 1 aliphatic heterocycles. The van der Waals surface area contributed by atoms with E-state index in [9.17, 15) is 4.39 Å². The molecule has 1 aromatic rings. The van der Waals surface area contributed by atoms with Gasteiger partial charge in [-0.25, -0.2) is 4.39 Å². The van der Waals surface area contributed by atoms with Crippen molar-refractivity contribution < 1.29 is 9.13 Å². The average molecular weight is 272 g/mol. The zero-order valence-electron chi connectivity index (χ0n) is 10.8. The molecule has 0 spiro atoms. The predicted octanol–water partition coefficient (Wildman–Crippen LogP) is 3.57. The molecule has 100 valence electrons. The highest BCUT2D eigenvalue weighted by molar-refractivity contribution is 6.17. The fourth-order valence-electron chi connectivity index (χ4n) is 2.43. The third kappa shape index (κ3) is 2.62. The van der Waals surface area contributed by atoms with E-state index in [0.29, 0.717) is 18.2 Å². The number of hydrogen-bond donors (Lipinski definition) is 0. The van der Waals surface area contributed by atoms with Gasteiger partial charge in [0, 0.05) is 17.8 Å². The van der Waals surface area contributed by atoms with Crippen molar-refractivity contribution >= 4 is 17.3 Å². The SMILES string of the molecule is CCC1COC(C)CN1c1cccc(F)c1CCl. The van der Waals surface area contributed by atoms with Crippen LogP contribution in [0, 0.1) is 5.82 Å². The van der Waals surface area contributed by atoms with Crippen LogP contribution in [-0.4, -0.2) is 25.3 Å². The topological polar surface area (TPSA) is 12.5 Å². The molecule has 1 aliphatic rings. The average Bonchev–Trinajstić information content (AvgIpc) is 2.38. The number of anilines is 1. The van der Waals surface area contributed by atoms with E-state index in [2.05, 4.69) is 11.8 Å². The van der Waals surface area contributed by atoms with Crippen LogP contribution in [0.4, 0.5) is 10.1 Å². The fraction of sp³-hybridized carbons (Fsp3) is 0.571. The summed E-state index contributed by atoms with van der Waals surface area (Å²) in [5.41, 5.74) is 1.50. The van der Waals surface area contributed by atoms with E-state index in [1.54, 1.807) is 6.07 Å². The maximum Gasteiger partial charge on any atom is 0.129 e. The molecular formula is C14H19ClFNO. The minimum Gasteiger partial charge on any atom is -0.375 e. The Morgan fingerprint density at radius 3 is 2.94 bits per heavy atom. The third-order valence-electron chi connectivity index (χ3n) is 3.48. The Hall–Kier alpha value is -0.800. The lowest BCUT2D eigenvalue weighted by Crippen LogP contribution is -2.49. The zero-order chi connectivity index (χ0) is 13.1.